The van der Waals surface area contributed by atoms with Crippen molar-refractivity contribution in [2.75, 3.05) is 43.0 Å². The number of carbonyl (C=O) groups is 1. The maximum Gasteiger partial charge on any atom is 0.338 e. The molecule has 0 unspecified atom stereocenters. The maximum atomic E-state index is 12.5. The number of phenols is 3. The fourth-order valence-electron chi connectivity index (χ4n) is 4.16. The molecule has 1 heterocycles. The summed E-state index contributed by atoms with van der Waals surface area (Å²) < 4.78 is 16.8. The first-order valence-electron chi connectivity index (χ1n) is 12.9. The minimum atomic E-state index is -0.781. The Morgan fingerprint density at radius 1 is 0.854 bits per heavy atom. The van der Waals surface area contributed by atoms with E-state index in [0.717, 1.165) is 11.8 Å². The fraction of sp³-hybridized carbons (Fsp3) is 0.267. The number of esters is 1. The van der Waals surface area contributed by atoms with E-state index in [1.807, 2.05) is 12.1 Å². The predicted octanol–water partition coefficient (Wildman–Crippen LogP) is 5.88. The summed E-state index contributed by atoms with van der Waals surface area (Å²) in [5.41, 5.74) is 1.36. The second-order valence-electron chi connectivity index (χ2n) is 9.07. The number of fused-ring (bicyclic) bond motifs is 1. The topological polar surface area (TPSA) is 130 Å². The highest BCUT2D eigenvalue weighted by molar-refractivity contribution is 6.18. The minimum absolute atomic E-state index is 0.0606. The van der Waals surface area contributed by atoms with Crippen molar-refractivity contribution >= 4 is 45.8 Å². The number of ether oxygens (including phenoxy) is 2. The number of hydrogen-bond acceptors (Lipinski definition) is 9. The number of nitrogens with zero attached hydrogens (tertiary/aromatic N) is 1. The van der Waals surface area contributed by atoms with Crippen LogP contribution in [0.1, 0.15) is 23.2 Å². The molecular weight excluding hydrogens is 573 g/mol. The van der Waals surface area contributed by atoms with Crippen LogP contribution < -0.4 is 15.1 Å². The van der Waals surface area contributed by atoms with Gasteiger partial charge >= 0.3 is 5.97 Å². The molecular formula is C30H29Cl2NO8. The number of hydrogen-bond donors (Lipinski definition) is 3. The highest BCUT2D eigenvalue weighted by Crippen LogP contribution is 2.40. The first-order valence-corrected chi connectivity index (χ1v) is 14.0. The second kappa shape index (κ2) is 14.0. The molecule has 0 amide bonds. The number of alkyl halides is 2. The Morgan fingerprint density at radius 3 is 2.17 bits per heavy atom. The van der Waals surface area contributed by atoms with E-state index in [1.54, 1.807) is 36.4 Å². The van der Waals surface area contributed by atoms with Crippen molar-refractivity contribution in [1.82, 2.24) is 0 Å². The molecule has 0 fully saturated rings. The molecule has 0 atom stereocenters. The van der Waals surface area contributed by atoms with Crippen molar-refractivity contribution in [2.45, 2.75) is 12.8 Å². The van der Waals surface area contributed by atoms with Crippen molar-refractivity contribution in [3.63, 3.8) is 0 Å². The second-order valence-corrected chi connectivity index (χ2v) is 9.82. The average molecular weight is 602 g/mol. The summed E-state index contributed by atoms with van der Waals surface area (Å²) in [6, 6.07) is 16.3. The molecule has 0 aliphatic carbocycles. The number of phenolic OH excluding ortho intramolecular Hbond substituents is 3. The summed E-state index contributed by atoms with van der Waals surface area (Å²) in [5, 5.41) is 29.1. The molecule has 216 valence electrons. The summed E-state index contributed by atoms with van der Waals surface area (Å²) in [4.78, 5) is 26.9. The van der Waals surface area contributed by atoms with Gasteiger partial charge in [0.1, 0.15) is 22.5 Å². The molecule has 4 aromatic rings. The van der Waals surface area contributed by atoms with E-state index >= 15 is 0 Å². The van der Waals surface area contributed by atoms with Crippen LogP contribution in [0, 0.1) is 0 Å². The van der Waals surface area contributed by atoms with Crippen LogP contribution in [-0.4, -0.2) is 59.4 Å². The molecule has 3 aromatic carbocycles. The van der Waals surface area contributed by atoms with E-state index in [0.29, 0.717) is 61.2 Å². The average Bonchev–Trinajstić information content (AvgIpc) is 2.97. The lowest BCUT2D eigenvalue weighted by atomic mass is 10.1. The highest BCUT2D eigenvalue weighted by Gasteiger charge is 2.17. The number of benzene rings is 3. The SMILES string of the molecule is O=C(OCCCCOc1ccc(-c2cc(=O)c3c(O)c(O)c(O)cc3o2)cc1)c1ccc(N(CCCl)CCCl)cc1. The Balaban J connectivity index is 1.23. The number of halogens is 2. The molecule has 0 spiro atoms. The Labute approximate surface area is 246 Å². The number of carbonyl (C=O) groups excluding carboxylic acids is 1. The van der Waals surface area contributed by atoms with Crippen molar-refractivity contribution in [2.24, 2.45) is 0 Å². The van der Waals surface area contributed by atoms with Gasteiger partial charge in [-0.1, -0.05) is 0 Å². The van der Waals surface area contributed by atoms with Gasteiger partial charge in [-0.2, -0.15) is 0 Å². The summed E-state index contributed by atoms with van der Waals surface area (Å²) >= 11 is 11.7. The van der Waals surface area contributed by atoms with Crippen LogP contribution in [0.4, 0.5) is 5.69 Å². The minimum Gasteiger partial charge on any atom is -0.504 e. The molecule has 0 bridgehead atoms. The first kappa shape index (κ1) is 29.9. The van der Waals surface area contributed by atoms with Gasteiger partial charge in [-0.05, 0) is 61.4 Å². The zero-order valence-electron chi connectivity index (χ0n) is 22.0. The van der Waals surface area contributed by atoms with Crippen molar-refractivity contribution in [3.05, 3.63) is 76.5 Å². The van der Waals surface area contributed by atoms with Gasteiger partial charge in [-0.15, -0.1) is 23.2 Å². The smallest absolute Gasteiger partial charge is 0.338 e. The predicted molar refractivity (Wildman–Crippen MR) is 158 cm³/mol. The van der Waals surface area contributed by atoms with Gasteiger partial charge in [-0.25, -0.2) is 4.79 Å². The summed E-state index contributed by atoms with van der Waals surface area (Å²) in [7, 11) is 0. The Hall–Kier alpha value is -4.08. The van der Waals surface area contributed by atoms with Gasteiger partial charge in [0.2, 0.25) is 5.75 Å². The van der Waals surface area contributed by atoms with Gasteiger partial charge in [0.15, 0.2) is 16.9 Å². The Bertz CT molecular complexity index is 1530. The summed E-state index contributed by atoms with van der Waals surface area (Å²) in [6.45, 7) is 2.00. The van der Waals surface area contributed by atoms with E-state index in [2.05, 4.69) is 4.90 Å². The van der Waals surface area contributed by atoms with Crippen LogP contribution in [0.2, 0.25) is 0 Å². The van der Waals surface area contributed by atoms with Crippen LogP contribution in [0.15, 0.2) is 69.9 Å². The normalized spacial score (nSPS) is 11.0. The molecule has 0 aliphatic heterocycles. The lowest BCUT2D eigenvalue weighted by Gasteiger charge is -2.22. The molecule has 0 radical (unpaired) electrons. The number of unbranched alkanes of at least 4 members (excludes halogenated alkanes) is 1. The zero-order valence-corrected chi connectivity index (χ0v) is 23.5. The zero-order chi connectivity index (χ0) is 29.4. The maximum absolute atomic E-state index is 12.5. The van der Waals surface area contributed by atoms with E-state index in [-0.39, 0.29) is 23.3 Å². The van der Waals surface area contributed by atoms with Gasteiger partial charge in [0, 0.05) is 48.2 Å². The quantitative estimate of drug-likeness (QED) is 0.0744. The third-order valence-corrected chi connectivity index (χ3v) is 6.64. The molecule has 4 rings (SSSR count). The van der Waals surface area contributed by atoms with Crippen molar-refractivity contribution in [1.29, 1.82) is 0 Å². The van der Waals surface area contributed by atoms with Crippen LogP contribution in [0.3, 0.4) is 0 Å². The number of rotatable bonds is 13. The van der Waals surface area contributed by atoms with Gasteiger partial charge in [-0.3, -0.25) is 4.79 Å². The third kappa shape index (κ3) is 7.36. The van der Waals surface area contributed by atoms with Crippen LogP contribution >= 0.6 is 23.2 Å². The molecule has 11 heteroatoms. The summed E-state index contributed by atoms with van der Waals surface area (Å²) in [6.07, 6.45) is 1.29. The van der Waals surface area contributed by atoms with Crippen LogP contribution in [-0.2, 0) is 4.74 Å². The van der Waals surface area contributed by atoms with E-state index < -0.39 is 28.6 Å². The molecule has 0 aliphatic rings. The summed E-state index contributed by atoms with van der Waals surface area (Å²) in [5.74, 6) is -0.726. The van der Waals surface area contributed by atoms with Crippen molar-refractivity contribution < 1.29 is 34.0 Å². The third-order valence-electron chi connectivity index (χ3n) is 6.30. The standard InChI is InChI=1S/C30H29Cl2NO8/c31-11-13-33(14-12-32)21-7-3-20(4-8-21)30(38)40-16-2-1-15-39-22-9-5-19(6-10-22)25-17-23(34)27-26(41-25)18-24(35)28(36)29(27)37/h3-10,17-18,35-37H,1-2,11-16H2. The molecule has 0 saturated heterocycles. The van der Waals surface area contributed by atoms with Gasteiger partial charge < -0.3 is 34.1 Å². The number of anilines is 1. The van der Waals surface area contributed by atoms with E-state index in [1.165, 1.54) is 6.07 Å². The Morgan fingerprint density at radius 2 is 1.51 bits per heavy atom. The van der Waals surface area contributed by atoms with E-state index in [9.17, 15) is 24.9 Å². The van der Waals surface area contributed by atoms with Gasteiger partial charge in [0.05, 0.1) is 18.8 Å². The lowest BCUT2D eigenvalue weighted by molar-refractivity contribution is 0.0494. The fourth-order valence-corrected chi connectivity index (χ4v) is 4.57. The molecule has 41 heavy (non-hydrogen) atoms. The van der Waals surface area contributed by atoms with E-state index in [4.69, 9.17) is 37.1 Å². The molecule has 0 saturated carbocycles. The Kier molecular flexibility index (Phi) is 10.2. The monoisotopic (exact) mass is 601 g/mol. The first-order chi connectivity index (χ1) is 19.8. The van der Waals surface area contributed by atoms with Gasteiger partial charge in [0.25, 0.3) is 0 Å². The number of aromatic hydroxyl groups is 3. The highest BCUT2D eigenvalue weighted by atomic mass is 35.5. The molecule has 1 aromatic heterocycles. The van der Waals surface area contributed by atoms with Crippen LogP contribution in [0.5, 0.6) is 23.0 Å². The molecule has 9 nitrogen and oxygen atoms in total. The van der Waals surface area contributed by atoms with Crippen molar-refractivity contribution in [3.8, 4) is 34.3 Å². The lowest BCUT2D eigenvalue weighted by Crippen LogP contribution is -2.27. The molecule has 3 N–H and O–H groups in total. The largest absolute Gasteiger partial charge is 0.504 e. The van der Waals surface area contributed by atoms with Crippen LogP contribution in [0.25, 0.3) is 22.3 Å².